The molecule has 110 valence electrons. The molecule has 0 bridgehead atoms. The van der Waals surface area contributed by atoms with Crippen molar-refractivity contribution in [2.45, 2.75) is 6.18 Å². The van der Waals surface area contributed by atoms with Crippen molar-refractivity contribution in [1.82, 2.24) is 5.32 Å². The minimum absolute atomic E-state index is 0.160. The van der Waals surface area contributed by atoms with E-state index in [2.05, 4.69) is 15.4 Å². The summed E-state index contributed by atoms with van der Waals surface area (Å²) >= 11 is 0. The number of esters is 1. The lowest BCUT2D eigenvalue weighted by molar-refractivity contribution is -0.141. The van der Waals surface area contributed by atoms with Crippen molar-refractivity contribution in [3.63, 3.8) is 0 Å². The monoisotopic (exact) mass is 290 g/mol. The molecule has 1 rings (SSSR count). The van der Waals surface area contributed by atoms with Crippen LogP contribution in [0.1, 0.15) is 5.56 Å². The molecule has 0 saturated heterocycles. The molecule has 0 aliphatic rings. The number of anilines is 1. The number of hydrogen-bond donors (Lipinski definition) is 2. The van der Waals surface area contributed by atoms with Gasteiger partial charge in [0, 0.05) is 5.69 Å². The summed E-state index contributed by atoms with van der Waals surface area (Å²) in [6.45, 7) is -0.544. The smallest absolute Gasteiger partial charge is 0.416 e. The van der Waals surface area contributed by atoms with Crippen LogP contribution < -0.4 is 10.6 Å². The number of nitrogens with one attached hydrogen (secondary N) is 2. The molecule has 0 atom stereocenters. The molecule has 0 unspecified atom stereocenters. The molecule has 0 aliphatic heterocycles. The first kappa shape index (κ1) is 15.8. The predicted octanol–water partition coefficient (Wildman–Crippen LogP) is 1.41. The summed E-state index contributed by atoms with van der Waals surface area (Å²) in [7, 11) is 1.18. The number of halogens is 3. The van der Waals surface area contributed by atoms with Gasteiger partial charge in [0.15, 0.2) is 0 Å². The van der Waals surface area contributed by atoms with Gasteiger partial charge < -0.3 is 15.4 Å². The fraction of sp³-hybridized carbons (Fsp3) is 0.333. The van der Waals surface area contributed by atoms with Gasteiger partial charge in [0.25, 0.3) is 0 Å². The molecule has 0 saturated carbocycles. The first-order chi connectivity index (χ1) is 9.32. The Balaban J connectivity index is 2.50. The van der Waals surface area contributed by atoms with Crippen LogP contribution in [0.25, 0.3) is 0 Å². The van der Waals surface area contributed by atoms with Crippen LogP contribution in [-0.4, -0.2) is 32.1 Å². The number of rotatable bonds is 5. The molecule has 0 fully saturated rings. The topological polar surface area (TPSA) is 67.4 Å². The number of benzene rings is 1. The average Bonchev–Trinajstić information content (AvgIpc) is 2.41. The highest BCUT2D eigenvalue weighted by Gasteiger charge is 2.30. The zero-order valence-corrected chi connectivity index (χ0v) is 10.6. The van der Waals surface area contributed by atoms with E-state index in [9.17, 15) is 22.8 Å². The van der Waals surface area contributed by atoms with Gasteiger partial charge in [-0.2, -0.15) is 13.2 Å². The molecule has 0 spiro atoms. The Labute approximate surface area is 113 Å². The predicted molar refractivity (Wildman–Crippen MR) is 65.0 cm³/mol. The van der Waals surface area contributed by atoms with Gasteiger partial charge in [0.05, 0.1) is 19.2 Å². The van der Waals surface area contributed by atoms with Crippen LogP contribution in [-0.2, 0) is 20.5 Å². The Morgan fingerprint density at radius 1 is 1.25 bits per heavy atom. The molecular weight excluding hydrogens is 277 g/mol. The number of methoxy groups -OCH3 is 1. The summed E-state index contributed by atoms with van der Waals surface area (Å²) in [6.07, 6.45) is -4.44. The minimum atomic E-state index is -4.44. The number of carbonyl (C=O) groups excluding carboxylic acids is 2. The van der Waals surface area contributed by atoms with Gasteiger partial charge in [0.2, 0.25) is 5.91 Å². The molecule has 1 amide bonds. The van der Waals surface area contributed by atoms with E-state index in [1.165, 1.54) is 19.2 Å². The van der Waals surface area contributed by atoms with Gasteiger partial charge in [-0.3, -0.25) is 9.59 Å². The number of alkyl halides is 3. The van der Waals surface area contributed by atoms with Crippen molar-refractivity contribution in [2.75, 3.05) is 25.5 Å². The largest absolute Gasteiger partial charge is 0.468 e. The van der Waals surface area contributed by atoms with Crippen molar-refractivity contribution in [1.29, 1.82) is 0 Å². The normalized spacial score (nSPS) is 10.8. The molecular formula is C12H13F3N2O3. The number of ether oxygens (including phenoxy) is 1. The third-order valence-corrected chi connectivity index (χ3v) is 2.30. The molecule has 1 aromatic carbocycles. The van der Waals surface area contributed by atoms with Crippen LogP contribution >= 0.6 is 0 Å². The van der Waals surface area contributed by atoms with E-state index < -0.39 is 23.6 Å². The van der Waals surface area contributed by atoms with Gasteiger partial charge in [-0.25, -0.2) is 0 Å². The molecule has 20 heavy (non-hydrogen) atoms. The lowest BCUT2D eigenvalue weighted by atomic mass is 10.2. The van der Waals surface area contributed by atoms with Crippen molar-refractivity contribution < 1.29 is 27.5 Å². The highest BCUT2D eigenvalue weighted by molar-refractivity contribution is 5.84. The molecule has 2 N–H and O–H groups in total. The zero-order chi connectivity index (χ0) is 15.2. The number of amides is 1. The maximum atomic E-state index is 12.5. The van der Waals surface area contributed by atoms with Crippen molar-refractivity contribution in [3.05, 3.63) is 29.8 Å². The van der Waals surface area contributed by atoms with E-state index in [1.807, 2.05) is 0 Å². The molecule has 0 radical (unpaired) electrons. The molecule has 0 aliphatic carbocycles. The second-order valence-corrected chi connectivity index (χ2v) is 3.78. The van der Waals surface area contributed by atoms with E-state index >= 15 is 0 Å². The quantitative estimate of drug-likeness (QED) is 0.805. The van der Waals surface area contributed by atoms with E-state index in [-0.39, 0.29) is 18.8 Å². The van der Waals surface area contributed by atoms with Crippen LogP contribution in [0.3, 0.4) is 0 Å². The van der Waals surface area contributed by atoms with E-state index in [0.29, 0.717) is 0 Å². The van der Waals surface area contributed by atoms with Gasteiger partial charge in [-0.05, 0) is 18.2 Å². The van der Waals surface area contributed by atoms with Crippen LogP contribution in [0.5, 0.6) is 0 Å². The highest BCUT2D eigenvalue weighted by Crippen LogP contribution is 2.30. The van der Waals surface area contributed by atoms with Gasteiger partial charge in [0.1, 0.15) is 6.54 Å². The molecule has 1 aromatic rings. The zero-order valence-electron chi connectivity index (χ0n) is 10.6. The fourth-order valence-electron chi connectivity index (χ4n) is 1.29. The standard InChI is InChI=1S/C12H13F3N2O3/c1-20-11(19)7-17-10(18)6-16-9-4-2-3-8(5-9)12(13,14)15/h2-5,16H,6-7H2,1H3,(H,17,18). The van der Waals surface area contributed by atoms with Gasteiger partial charge in [-0.1, -0.05) is 6.07 Å². The van der Waals surface area contributed by atoms with E-state index in [0.717, 1.165) is 12.1 Å². The third-order valence-electron chi connectivity index (χ3n) is 2.30. The third kappa shape index (κ3) is 5.17. The molecule has 8 heteroatoms. The van der Waals surface area contributed by atoms with Crippen LogP contribution in [0, 0.1) is 0 Å². The van der Waals surface area contributed by atoms with E-state index in [1.54, 1.807) is 0 Å². The van der Waals surface area contributed by atoms with Crippen molar-refractivity contribution in [3.8, 4) is 0 Å². The first-order valence-electron chi connectivity index (χ1n) is 5.57. The lowest BCUT2D eigenvalue weighted by Gasteiger charge is -2.10. The maximum Gasteiger partial charge on any atom is 0.416 e. The second-order valence-electron chi connectivity index (χ2n) is 3.78. The minimum Gasteiger partial charge on any atom is -0.468 e. The van der Waals surface area contributed by atoms with Crippen LogP contribution in [0.4, 0.5) is 18.9 Å². The van der Waals surface area contributed by atoms with Crippen molar-refractivity contribution in [2.24, 2.45) is 0 Å². The Kier molecular flexibility index (Phi) is 5.36. The molecule has 0 aromatic heterocycles. The Morgan fingerprint density at radius 2 is 1.95 bits per heavy atom. The fourth-order valence-corrected chi connectivity index (χ4v) is 1.29. The summed E-state index contributed by atoms with van der Waals surface area (Å²) in [5, 5.41) is 4.78. The van der Waals surface area contributed by atoms with Gasteiger partial charge in [-0.15, -0.1) is 0 Å². The van der Waals surface area contributed by atoms with Crippen LogP contribution in [0.2, 0.25) is 0 Å². The summed E-state index contributed by atoms with van der Waals surface area (Å²) in [4.78, 5) is 22.1. The SMILES string of the molecule is COC(=O)CNC(=O)CNc1cccc(C(F)(F)F)c1. The maximum absolute atomic E-state index is 12.5. The molecule has 0 heterocycles. The Hall–Kier alpha value is -2.25. The summed E-state index contributed by atoms with van der Waals surface area (Å²) < 4.78 is 41.7. The van der Waals surface area contributed by atoms with Crippen LogP contribution in [0.15, 0.2) is 24.3 Å². The summed E-state index contributed by atoms with van der Waals surface area (Å²) in [5.41, 5.74) is -0.648. The lowest BCUT2D eigenvalue weighted by Crippen LogP contribution is -2.34. The summed E-state index contributed by atoms with van der Waals surface area (Å²) in [6, 6.07) is 4.47. The first-order valence-corrected chi connectivity index (χ1v) is 5.57. The number of hydrogen-bond acceptors (Lipinski definition) is 4. The number of carbonyl (C=O) groups is 2. The van der Waals surface area contributed by atoms with Crippen molar-refractivity contribution >= 4 is 17.6 Å². The Bertz CT molecular complexity index is 489. The second kappa shape index (κ2) is 6.78. The Morgan fingerprint density at radius 3 is 2.55 bits per heavy atom. The highest BCUT2D eigenvalue weighted by atomic mass is 19.4. The summed E-state index contributed by atoms with van der Waals surface area (Å²) in [5.74, 6) is -1.15. The van der Waals surface area contributed by atoms with E-state index in [4.69, 9.17) is 0 Å². The molecule has 5 nitrogen and oxygen atoms in total. The van der Waals surface area contributed by atoms with Gasteiger partial charge >= 0.3 is 12.1 Å². The average molecular weight is 290 g/mol.